The Bertz CT molecular complexity index is 805. The number of rotatable bonds is 11. The van der Waals surface area contributed by atoms with E-state index in [9.17, 15) is 9.59 Å². The van der Waals surface area contributed by atoms with Gasteiger partial charge in [0.15, 0.2) is 0 Å². The zero-order chi connectivity index (χ0) is 22.1. The van der Waals surface area contributed by atoms with Crippen molar-refractivity contribution in [2.24, 2.45) is 11.7 Å². The van der Waals surface area contributed by atoms with Crippen molar-refractivity contribution in [2.75, 3.05) is 32.1 Å². The number of carbonyl (C=O) groups excluding carboxylic acids is 2. The Morgan fingerprint density at radius 2 is 1.61 bits per heavy atom. The van der Waals surface area contributed by atoms with E-state index in [4.69, 9.17) is 17.3 Å². The van der Waals surface area contributed by atoms with E-state index in [1.165, 1.54) is 0 Å². The van der Waals surface area contributed by atoms with E-state index in [-0.39, 0.29) is 23.6 Å². The lowest BCUT2D eigenvalue weighted by atomic mass is 9.64. The Kier molecular flexibility index (Phi) is 8.50. The van der Waals surface area contributed by atoms with E-state index in [2.05, 4.69) is 10.2 Å². The predicted octanol–water partition coefficient (Wildman–Crippen LogP) is 3.31. The largest absolute Gasteiger partial charge is 0.369 e. The van der Waals surface area contributed by atoms with E-state index in [1.807, 2.05) is 60.7 Å². The van der Waals surface area contributed by atoms with E-state index in [1.54, 1.807) is 0 Å². The molecule has 31 heavy (non-hydrogen) atoms. The van der Waals surface area contributed by atoms with Crippen molar-refractivity contribution in [1.82, 2.24) is 10.2 Å². The van der Waals surface area contributed by atoms with Crippen molar-refractivity contribution in [3.8, 4) is 0 Å². The van der Waals surface area contributed by atoms with Gasteiger partial charge in [-0.05, 0) is 49.4 Å². The summed E-state index contributed by atoms with van der Waals surface area (Å²) in [5, 5.41) is 2.80. The Morgan fingerprint density at radius 1 is 1.00 bits per heavy atom. The lowest BCUT2D eigenvalue weighted by Gasteiger charge is -2.37. The maximum atomic E-state index is 13.1. The molecule has 3 rings (SSSR count). The molecule has 3 N–H and O–H groups in total. The molecule has 0 aliphatic carbocycles. The second-order valence-corrected chi connectivity index (χ2v) is 8.50. The molecular formula is C25H32ClN3O2. The zero-order valence-electron chi connectivity index (χ0n) is 17.9. The van der Waals surface area contributed by atoms with Gasteiger partial charge in [0.05, 0.1) is 0 Å². The number of unbranched alkanes of at least 4 members (excludes halogenated alkanes) is 2. The molecule has 1 fully saturated rings. The maximum Gasteiger partial charge on any atom is 0.234 e. The maximum absolute atomic E-state index is 13.1. The Balaban J connectivity index is 1.68. The number of alkyl halides is 1. The third-order valence-electron chi connectivity index (χ3n) is 6.33. The summed E-state index contributed by atoms with van der Waals surface area (Å²) < 4.78 is 0. The first-order valence-corrected chi connectivity index (χ1v) is 11.6. The number of carbonyl (C=O) groups is 2. The molecule has 0 radical (unpaired) electrons. The first-order chi connectivity index (χ1) is 15.1. The molecule has 1 unspecified atom stereocenters. The van der Waals surface area contributed by atoms with Crippen LogP contribution in [0.2, 0.25) is 0 Å². The van der Waals surface area contributed by atoms with E-state index in [0.29, 0.717) is 6.54 Å². The number of likely N-dealkylation sites (tertiary alicyclic amines) is 1. The molecule has 1 aliphatic rings. The van der Waals surface area contributed by atoms with Gasteiger partial charge in [-0.3, -0.25) is 9.59 Å². The highest BCUT2D eigenvalue weighted by molar-refractivity contribution is 6.27. The molecule has 2 aromatic carbocycles. The van der Waals surface area contributed by atoms with Crippen LogP contribution in [0.5, 0.6) is 0 Å². The van der Waals surface area contributed by atoms with Crippen LogP contribution in [0.4, 0.5) is 0 Å². The van der Waals surface area contributed by atoms with Crippen LogP contribution in [0, 0.1) is 5.92 Å². The molecule has 1 aliphatic heterocycles. The molecular weight excluding hydrogens is 410 g/mol. The summed E-state index contributed by atoms with van der Waals surface area (Å²) in [5.41, 5.74) is 7.26. The molecule has 166 valence electrons. The monoisotopic (exact) mass is 441 g/mol. The third kappa shape index (κ3) is 5.46. The minimum atomic E-state index is -0.830. The van der Waals surface area contributed by atoms with Crippen LogP contribution in [0.25, 0.3) is 0 Å². The van der Waals surface area contributed by atoms with Crippen molar-refractivity contribution in [1.29, 1.82) is 0 Å². The Hall–Kier alpha value is -2.37. The molecule has 0 saturated carbocycles. The van der Waals surface area contributed by atoms with Crippen molar-refractivity contribution in [3.05, 3.63) is 71.8 Å². The Labute approximate surface area is 190 Å². The van der Waals surface area contributed by atoms with Gasteiger partial charge in [-0.2, -0.15) is 0 Å². The van der Waals surface area contributed by atoms with Crippen molar-refractivity contribution in [3.63, 3.8) is 0 Å². The fourth-order valence-corrected chi connectivity index (χ4v) is 4.92. The second-order valence-electron chi connectivity index (χ2n) is 8.23. The van der Waals surface area contributed by atoms with Crippen LogP contribution in [-0.4, -0.2) is 48.8 Å². The third-order valence-corrected chi connectivity index (χ3v) is 6.57. The van der Waals surface area contributed by atoms with Gasteiger partial charge in [0.25, 0.3) is 0 Å². The minimum absolute atomic E-state index is 0.0135. The number of hydrogen-bond acceptors (Lipinski definition) is 3. The van der Waals surface area contributed by atoms with Crippen molar-refractivity contribution < 1.29 is 9.59 Å². The summed E-state index contributed by atoms with van der Waals surface area (Å²) in [6.45, 7) is 3.46. The fourth-order valence-electron chi connectivity index (χ4n) is 4.83. The zero-order valence-corrected chi connectivity index (χ0v) is 18.7. The number of nitrogens with one attached hydrogen (secondary N) is 1. The summed E-state index contributed by atoms with van der Waals surface area (Å²) in [6.07, 6.45) is 3.98. The highest BCUT2D eigenvalue weighted by Crippen LogP contribution is 2.43. The SMILES string of the molecule is NC(=O)C(c1ccccc1)(c1ccccc1)C1CCN(CCCCCNC(=O)CCl)C1. The second kappa shape index (κ2) is 11.3. The van der Waals surface area contributed by atoms with Crippen LogP contribution in [0.3, 0.4) is 0 Å². The number of amides is 2. The van der Waals surface area contributed by atoms with Gasteiger partial charge in [0.1, 0.15) is 11.3 Å². The normalized spacial score (nSPS) is 16.9. The van der Waals surface area contributed by atoms with Crippen molar-refractivity contribution >= 4 is 23.4 Å². The van der Waals surface area contributed by atoms with Gasteiger partial charge in [0.2, 0.25) is 11.8 Å². The highest BCUT2D eigenvalue weighted by atomic mass is 35.5. The number of halogens is 1. The summed E-state index contributed by atoms with van der Waals surface area (Å²) in [4.78, 5) is 26.7. The van der Waals surface area contributed by atoms with Gasteiger partial charge in [0, 0.05) is 13.1 Å². The average Bonchev–Trinajstić information content (AvgIpc) is 3.26. The van der Waals surface area contributed by atoms with E-state index >= 15 is 0 Å². The molecule has 5 nitrogen and oxygen atoms in total. The number of benzene rings is 2. The summed E-state index contributed by atoms with van der Waals surface area (Å²) in [5.74, 6) is -0.266. The topological polar surface area (TPSA) is 75.4 Å². The molecule has 2 aromatic rings. The molecule has 1 atom stereocenters. The van der Waals surface area contributed by atoms with Gasteiger partial charge >= 0.3 is 0 Å². The average molecular weight is 442 g/mol. The van der Waals surface area contributed by atoms with Crippen LogP contribution in [0.1, 0.15) is 36.8 Å². The molecule has 0 spiro atoms. The highest BCUT2D eigenvalue weighted by Gasteiger charge is 2.49. The molecule has 6 heteroatoms. The summed E-state index contributed by atoms with van der Waals surface area (Å²) >= 11 is 5.49. The van der Waals surface area contributed by atoms with Crippen LogP contribution >= 0.6 is 11.6 Å². The van der Waals surface area contributed by atoms with Crippen LogP contribution in [0.15, 0.2) is 60.7 Å². The number of primary amides is 1. The number of hydrogen-bond donors (Lipinski definition) is 2. The first kappa shape index (κ1) is 23.3. The van der Waals surface area contributed by atoms with E-state index in [0.717, 1.165) is 56.4 Å². The number of nitrogens with zero attached hydrogens (tertiary/aromatic N) is 1. The molecule has 0 aromatic heterocycles. The lowest BCUT2D eigenvalue weighted by Crippen LogP contribution is -2.49. The standard InChI is InChI=1S/C25H32ClN3O2/c26-18-23(30)28-15-8-3-9-16-29-17-14-22(19-29)25(24(27)31,20-10-4-1-5-11-20)21-12-6-2-7-13-21/h1-2,4-7,10-13,22H,3,8-9,14-19H2,(H2,27,31)(H,28,30). The lowest BCUT2D eigenvalue weighted by molar-refractivity contribution is -0.124. The summed E-state index contributed by atoms with van der Waals surface area (Å²) in [6, 6.07) is 19.9. The quantitative estimate of drug-likeness (QED) is 0.415. The smallest absolute Gasteiger partial charge is 0.234 e. The van der Waals surface area contributed by atoms with Crippen LogP contribution < -0.4 is 11.1 Å². The van der Waals surface area contributed by atoms with Gasteiger partial charge in [-0.25, -0.2) is 0 Å². The molecule has 2 amide bonds. The van der Waals surface area contributed by atoms with Gasteiger partial charge in [-0.1, -0.05) is 67.1 Å². The van der Waals surface area contributed by atoms with Gasteiger partial charge in [-0.15, -0.1) is 11.6 Å². The molecule has 0 bridgehead atoms. The van der Waals surface area contributed by atoms with E-state index < -0.39 is 5.41 Å². The predicted molar refractivity (Wildman–Crippen MR) is 125 cm³/mol. The fraction of sp³-hybridized carbons (Fsp3) is 0.440. The summed E-state index contributed by atoms with van der Waals surface area (Å²) in [7, 11) is 0. The van der Waals surface area contributed by atoms with Crippen LogP contribution in [-0.2, 0) is 15.0 Å². The van der Waals surface area contributed by atoms with Crippen molar-refractivity contribution in [2.45, 2.75) is 31.1 Å². The molecule has 1 heterocycles. The first-order valence-electron chi connectivity index (χ1n) is 11.0. The van der Waals surface area contributed by atoms with Gasteiger partial charge < -0.3 is 16.0 Å². The number of nitrogens with two attached hydrogens (primary N) is 1. The Morgan fingerprint density at radius 3 is 2.16 bits per heavy atom. The molecule has 1 saturated heterocycles. The minimum Gasteiger partial charge on any atom is -0.369 e.